The van der Waals surface area contributed by atoms with Gasteiger partial charge in [0.05, 0.1) is 25.2 Å². The van der Waals surface area contributed by atoms with Crippen LogP contribution in [0.1, 0.15) is 0 Å². The molecule has 0 amide bonds. The number of hydrogen-bond acceptors (Lipinski definition) is 11. The monoisotopic (exact) mass is 918 g/mol. The summed E-state index contributed by atoms with van der Waals surface area (Å²) in [6.07, 6.45) is 0. The summed E-state index contributed by atoms with van der Waals surface area (Å²) in [4.78, 5) is 24.8. The van der Waals surface area contributed by atoms with Gasteiger partial charge in [-0.15, -0.1) is 10.2 Å². The van der Waals surface area contributed by atoms with Crippen molar-refractivity contribution >= 4 is 72.2 Å². The third-order valence-electron chi connectivity index (χ3n) is 10.5. The third kappa shape index (κ3) is 8.53. The number of piperazine rings is 2. The van der Waals surface area contributed by atoms with E-state index in [0.717, 1.165) is 57.6 Å². The second kappa shape index (κ2) is 17.5. The Kier molecular flexibility index (Phi) is 12.1. The van der Waals surface area contributed by atoms with Gasteiger partial charge in [0.25, 0.3) is 0 Å². The molecule has 8 rings (SSSR count). The molecule has 2 aromatic heterocycles. The number of carbonyl (C=O) groups excluding carboxylic acids is 1. The zero-order chi connectivity index (χ0) is 38.6. The molecule has 2 aliphatic rings. The Labute approximate surface area is 351 Å². The Hall–Kier alpha value is -4.25. The number of carbonyl (C=O) groups is 1. The predicted molar refractivity (Wildman–Crippen MR) is 225 cm³/mol. The predicted octanol–water partition coefficient (Wildman–Crippen LogP) is 6.48. The van der Waals surface area contributed by atoms with Gasteiger partial charge in [-0.3, -0.25) is 14.6 Å². The van der Waals surface area contributed by atoms with E-state index >= 15 is 4.79 Å². The number of tetrazole rings is 2. The first-order chi connectivity index (χ1) is 27.3. The van der Waals surface area contributed by atoms with E-state index in [1.165, 1.54) is 0 Å². The molecule has 2 aliphatic heterocycles. The molecule has 0 N–H and O–H groups in total. The lowest BCUT2D eigenvalue weighted by Gasteiger charge is -2.43. The zero-order valence-electron chi connectivity index (χ0n) is 30.3. The molecule has 4 aromatic carbocycles. The van der Waals surface area contributed by atoms with Gasteiger partial charge in [0.15, 0.2) is 17.4 Å². The summed E-state index contributed by atoms with van der Waals surface area (Å²) in [5.41, 5.74) is 3.89. The highest BCUT2D eigenvalue weighted by atomic mass is 79.9. The van der Waals surface area contributed by atoms with Crippen molar-refractivity contribution in [1.82, 2.24) is 50.2 Å². The lowest BCUT2D eigenvalue weighted by Crippen LogP contribution is -2.61. The first kappa shape index (κ1) is 38.6. The van der Waals surface area contributed by atoms with Crippen LogP contribution in [0.2, 0.25) is 10.0 Å². The van der Waals surface area contributed by atoms with Crippen LogP contribution in [0.4, 0.5) is 11.4 Å². The molecule has 4 heterocycles. The largest absolute Gasteiger partial charge is 0.369 e. The standard InChI is InChI=1S/C39H38Br2Cl2N12O/c40-33-7-3-1-5-31(33)38-44-46-48-54(38)25-35(52-21-17-50(18-22-52)29-13-9-27(42)10-14-29)37(56)36(26-55-39(45-47-49-55)32-6-2-4-8-34(32)41)53-23-19-51(20-24-53)30-15-11-28(43)12-16-30/h1-16,35-36H,17-26H2. The maximum atomic E-state index is 15.6. The van der Waals surface area contributed by atoms with Crippen LogP contribution in [-0.4, -0.2) is 120 Å². The minimum atomic E-state index is -0.560. The van der Waals surface area contributed by atoms with E-state index in [9.17, 15) is 0 Å². The highest BCUT2D eigenvalue weighted by Gasteiger charge is 2.39. The smallest absolute Gasteiger partial charge is 0.183 e. The summed E-state index contributed by atoms with van der Waals surface area (Å²) >= 11 is 19.8. The topological polar surface area (TPSA) is 117 Å². The summed E-state index contributed by atoms with van der Waals surface area (Å²) in [5.74, 6) is 1.23. The Morgan fingerprint density at radius 2 is 0.929 bits per heavy atom. The van der Waals surface area contributed by atoms with Gasteiger partial charge in [-0.05, 0) is 93.6 Å². The van der Waals surface area contributed by atoms with Gasteiger partial charge in [0.1, 0.15) is 0 Å². The van der Waals surface area contributed by atoms with Crippen LogP contribution in [0.5, 0.6) is 0 Å². The molecular formula is C39H38Br2Cl2N12O. The molecule has 13 nitrogen and oxygen atoms in total. The van der Waals surface area contributed by atoms with Gasteiger partial charge in [-0.1, -0.05) is 79.3 Å². The number of halogens is 4. The Morgan fingerprint density at radius 1 is 0.554 bits per heavy atom. The van der Waals surface area contributed by atoms with Crippen molar-refractivity contribution in [3.63, 3.8) is 0 Å². The van der Waals surface area contributed by atoms with E-state index in [0.29, 0.717) is 47.9 Å². The third-order valence-corrected chi connectivity index (χ3v) is 12.4. The molecule has 0 radical (unpaired) electrons. The Morgan fingerprint density at radius 3 is 1.30 bits per heavy atom. The second-order valence-electron chi connectivity index (χ2n) is 13.8. The van der Waals surface area contributed by atoms with E-state index in [4.69, 9.17) is 23.2 Å². The molecule has 17 heteroatoms. The summed E-state index contributed by atoms with van der Waals surface area (Å²) in [6.45, 7) is 6.12. The van der Waals surface area contributed by atoms with Crippen molar-refractivity contribution < 1.29 is 4.79 Å². The molecule has 0 bridgehead atoms. The van der Waals surface area contributed by atoms with Crippen LogP contribution in [0.15, 0.2) is 106 Å². The van der Waals surface area contributed by atoms with E-state index in [1.807, 2.05) is 97.1 Å². The van der Waals surface area contributed by atoms with E-state index < -0.39 is 12.1 Å². The molecule has 0 saturated carbocycles. The fourth-order valence-electron chi connectivity index (χ4n) is 7.53. The minimum absolute atomic E-state index is 0.0621. The van der Waals surface area contributed by atoms with Crippen LogP contribution in [-0.2, 0) is 17.9 Å². The lowest BCUT2D eigenvalue weighted by atomic mass is 9.99. The van der Waals surface area contributed by atoms with Gasteiger partial charge in [-0.25, -0.2) is 9.36 Å². The quantitative estimate of drug-likeness (QED) is 0.134. The summed E-state index contributed by atoms with van der Waals surface area (Å²) in [7, 11) is 0. The number of Topliss-reactive ketones (excluding diaryl/α,β-unsaturated/α-hetero) is 1. The van der Waals surface area contributed by atoms with Gasteiger partial charge in [-0.2, -0.15) is 0 Å². The average Bonchev–Trinajstić information content (AvgIpc) is 3.90. The summed E-state index contributed by atoms with van der Waals surface area (Å²) < 4.78 is 5.25. The first-order valence-electron chi connectivity index (χ1n) is 18.4. The van der Waals surface area contributed by atoms with Crippen molar-refractivity contribution in [2.24, 2.45) is 0 Å². The Bertz CT molecular complexity index is 2100. The molecule has 2 unspecified atom stereocenters. The van der Waals surface area contributed by atoms with Crippen molar-refractivity contribution in [3.05, 3.63) is 116 Å². The summed E-state index contributed by atoms with van der Waals surface area (Å²) in [5, 5.41) is 27.3. The number of ketones is 1. The number of benzene rings is 4. The van der Waals surface area contributed by atoms with Crippen molar-refractivity contribution in [3.8, 4) is 22.8 Å². The lowest BCUT2D eigenvalue weighted by molar-refractivity contribution is -0.131. The molecule has 0 spiro atoms. The molecule has 2 fully saturated rings. The molecule has 56 heavy (non-hydrogen) atoms. The van der Waals surface area contributed by atoms with Gasteiger partial charge < -0.3 is 9.80 Å². The fourth-order valence-corrected chi connectivity index (χ4v) is 8.71. The van der Waals surface area contributed by atoms with Crippen LogP contribution >= 0.6 is 55.1 Å². The first-order valence-corrected chi connectivity index (χ1v) is 20.7. The summed E-state index contributed by atoms with van der Waals surface area (Å²) in [6, 6.07) is 30.4. The molecule has 6 aromatic rings. The highest BCUT2D eigenvalue weighted by molar-refractivity contribution is 9.11. The van der Waals surface area contributed by atoms with Gasteiger partial charge in [0.2, 0.25) is 0 Å². The number of anilines is 2. The Balaban J connectivity index is 1.13. The average molecular weight is 922 g/mol. The fraction of sp³-hybridized carbons (Fsp3) is 0.308. The molecule has 0 aliphatic carbocycles. The van der Waals surface area contributed by atoms with E-state index in [2.05, 4.69) is 82.5 Å². The normalized spacial score (nSPS) is 16.6. The van der Waals surface area contributed by atoms with Crippen LogP contribution in [0.25, 0.3) is 22.8 Å². The van der Waals surface area contributed by atoms with Crippen molar-refractivity contribution in [2.45, 2.75) is 25.2 Å². The van der Waals surface area contributed by atoms with E-state index in [1.54, 1.807) is 9.36 Å². The molecule has 2 atom stereocenters. The van der Waals surface area contributed by atoms with Crippen molar-refractivity contribution in [1.29, 1.82) is 0 Å². The number of nitrogens with zero attached hydrogens (tertiary/aromatic N) is 12. The number of hydrogen-bond donors (Lipinski definition) is 0. The molecule has 288 valence electrons. The number of aromatic nitrogens is 8. The second-order valence-corrected chi connectivity index (χ2v) is 16.3. The maximum absolute atomic E-state index is 15.6. The minimum Gasteiger partial charge on any atom is -0.369 e. The SMILES string of the molecule is O=C(C(Cn1nnnc1-c1ccccc1Br)N1CCN(c2ccc(Cl)cc2)CC1)C(Cn1nnnc1-c1ccccc1Br)N1CCN(c2ccc(Cl)cc2)CC1. The van der Waals surface area contributed by atoms with Crippen LogP contribution in [0.3, 0.4) is 0 Å². The number of rotatable bonds is 12. The van der Waals surface area contributed by atoms with Crippen LogP contribution in [0, 0.1) is 0 Å². The molecule has 2 saturated heterocycles. The highest BCUT2D eigenvalue weighted by Crippen LogP contribution is 2.30. The van der Waals surface area contributed by atoms with E-state index in [-0.39, 0.29) is 18.9 Å². The van der Waals surface area contributed by atoms with Gasteiger partial charge >= 0.3 is 0 Å². The van der Waals surface area contributed by atoms with Gasteiger partial charge in [0, 0.05) is 93.9 Å². The van der Waals surface area contributed by atoms with Crippen LogP contribution < -0.4 is 9.80 Å². The van der Waals surface area contributed by atoms with Crippen molar-refractivity contribution in [2.75, 3.05) is 62.2 Å². The zero-order valence-corrected chi connectivity index (χ0v) is 34.9. The maximum Gasteiger partial charge on any atom is 0.183 e. The molecular weight excluding hydrogens is 883 g/mol.